The Labute approximate surface area is 180 Å². The van der Waals surface area contributed by atoms with Crippen LogP contribution >= 0.6 is 0 Å². The molecular formula is C25H38O5. The Balaban J connectivity index is 1.72. The van der Waals surface area contributed by atoms with E-state index in [4.69, 9.17) is 9.47 Å². The van der Waals surface area contributed by atoms with Gasteiger partial charge in [-0.05, 0) is 81.5 Å². The molecule has 168 valence electrons. The highest BCUT2D eigenvalue weighted by atomic mass is 16.5. The number of Topliss-reactive ketones (excluding diaryl/α,β-unsaturated/α-hetero) is 1. The van der Waals surface area contributed by atoms with Crippen molar-refractivity contribution in [2.24, 2.45) is 39.4 Å². The zero-order chi connectivity index (χ0) is 21.9. The van der Waals surface area contributed by atoms with Crippen LogP contribution in [0.3, 0.4) is 0 Å². The summed E-state index contributed by atoms with van der Waals surface area (Å²) in [5.41, 5.74) is -0.820. The van der Waals surface area contributed by atoms with Gasteiger partial charge in [0.1, 0.15) is 12.4 Å². The molecule has 0 heterocycles. The van der Waals surface area contributed by atoms with Gasteiger partial charge in [0.15, 0.2) is 0 Å². The van der Waals surface area contributed by atoms with Gasteiger partial charge in [-0.1, -0.05) is 20.3 Å². The third-order valence-electron chi connectivity index (χ3n) is 9.87. The van der Waals surface area contributed by atoms with Crippen molar-refractivity contribution in [3.05, 3.63) is 0 Å². The van der Waals surface area contributed by atoms with Crippen molar-refractivity contribution in [2.45, 2.75) is 86.0 Å². The Bertz CT molecular complexity index is 761. The van der Waals surface area contributed by atoms with Crippen molar-refractivity contribution in [1.29, 1.82) is 0 Å². The molecule has 0 aliphatic heterocycles. The van der Waals surface area contributed by atoms with Crippen molar-refractivity contribution >= 4 is 17.7 Å². The van der Waals surface area contributed by atoms with Gasteiger partial charge in [-0.3, -0.25) is 14.4 Å². The first-order chi connectivity index (χ1) is 14.0. The zero-order valence-corrected chi connectivity index (χ0v) is 19.3. The lowest BCUT2D eigenvalue weighted by molar-refractivity contribution is -0.194. The van der Waals surface area contributed by atoms with E-state index in [2.05, 4.69) is 20.8 Å². The van der Waals surface area contributed by atoms with E-state index in [1.807, 2.05) is 6.92 Å². The summed E-state index contributed by atoms with van der Waals surface area (Å²) >= 11 is 0. The Morgan fingerprint density at radius 1 is 1.00 bits per heavy atom. The van der Waals surface area contributed by atoms with Crippen LogP contribution in [0.25, 0.3) is 0 Å². The SMILES string of the molecule is CCOC(=O)[C@]1(C)CCC[C@@]2(C)[C@@H]3CC[C@@]4(C)C[C@]3(CC[C@@H]21)[C@H](COC(C)=O)C4=O. The Morgan fingerprint density at radius 2 is 1.70 bits per heavy atom. The molecule has 0 radical (unpaired) electrons. The average molecular weight is 419 g/mol. The van der Waals surface area contributed by atoms with E-state index < -0.39 is 5.41 Å². The van der Waals surface area contributed by atoms with Crippen LogP contribution in [0.4, 0.5) is 0 Å². The van der Waals surface area contributed by atoms with Gasteiger partial charge in [0.25, 0.3) is 0 Å². The third-order valence-corrected chi connectivity index (χ3v) is 9.87. The van der Waals surface area contributed by atoms with Gasteiger partial charge in [0.05, 0.1) is 17.9 Å². The van der Waals surface area contributed by atoms with Crippen molar-refractivity contribution in [3.63, 3.8) is 0 Å². The number of carbonyl (C=O) groups is 3. The van der Waals surface area contributed by atoms with Gasteiger partial charge in [0.2, 0.25) is 0 Å². The van der Waals surface area contributed by atoms with Crippen LogP contribution in [-0.4, -0.2) is 30.9 Å². The van der Waals surface area contributed by atoms with Crippen molar-refractivity contribution < 1.29 is 23.9 Å². The molecule has 2 bridgehead atoms. The van der Waals surface area contributed by atoms with E-state index >= 15 is 0 Å². The number of hydrogen-bond donors (Lipinski definition) is 0. The minimum absolute atomic E-state index is 0.0123. The Morgan fingerprint density at radius 3 is 2.37 bits per heavy atom. The highest BCUT2D eigenvalue weighted by Gasteiger charge is 2.71. The van der Waals surface area contributed by atoms with Crippen molar-refractivity contribution in [1.82, 2.24) is 0 Å². The lowest BCUT2D eigenvalue weighted by Gasteiger charge is -2.64. The number of ketones is 1. The van der Waals surface area contributed by atoms with Gasteiger partial charge in [-0.15, -0.1) is 0 Å². The summed E-state index contributed by atoms with van der Waals surface area (Å²) in [6.45, 7) is 10.6. The van der Waals surface area contributed by atoms with Crippen LogP contribution < -0.4 is 0 Å². The standard InChI is InChI=1S/C25H38O5/c1-6-29-21(28)24(5)11-7-10-23(4)18(24)9-13-25-15-22(3,12-8-19(23)25)20(27)17(25)14-30-16(2)26/h17-19H,6-15H2,1-5H3/t17-,18+,19+,22+,23-,24-,25-/m1/s1. The molecule has 0 aromatic carbocycles. The first-order valence-corrected chi connectivity index (χ1v) is 11.9. The highest BCUT2D eigenvalue weighted by Crippen LogP contribution is 2.74. The molecule has 0 aromatic rings. The number of carbonyl (C=O) groups excluding carboxylic acids is 3. The number of ether oxygens (including phenoxy) is 2. The number of fused-ring (bicyclic) bond motifs is 3. The Kier molecular flexibility index (Phi) is 5.14. The molecule has 5 heteroatoms. The first-order valence-electron chi connectivity index (χ1n) is 11.9. The van der Waals surface area contributed by atoms with Gasteiger partial charge in [-0.2, -0.15) is 0 Å². The van der Waals surface area contributed by atoms with E-state index in [9.17, 15) is 14.4 Å². The maximum absolute atomic E-state index is 13.5. The number of hydrogen-bond acceptors (Lipinski definition) is 5. The average Bonchev–Trinajstić information content (AvgIpc) is 2.81. The highest BCUT2D eigenvalue weighted by molar-refractivity contribution is 5.91. The second-order valence-corrected chi connectivity index (χ2v) is 11.4. The van der Waals surface area contributed by atoms with Crippen molar-refractivity contribution in [3.8, 4) is 0 Å². The molecule has 5 nitrogen and oxygen atoms in total. The number of esters is 2. The number of rotatable bonds is 4. The van der Waals surface area contributed by atoms with E-state index in [-0.39, 0.29) is 46.6 Å². The molecule has 4 fully saturated rings. The molecule has 4 aliphatic rings. The first kappa shape index (κ1) is 21.8. The molecule has 0 aromatic heterocycles. The molecule has 7 atom stereocenters. The summed E-state index contributed by atoms with van der Waals surface area (Å²) in [5.74, 6) is 0.414. The summed E-state index contributed by atoms with van der Waals surface area (Å²) in [7, 11) is 0. The fraction of sp³-hybridized carbons (Fsp3) is 0.880. The van der Waals surface area contributed by atoms with E-state index in [1.165, 1.54) is 6.92 Å². The molecule has 4 rings (SSSR count). The van der Waals surface area contributed by atoms with Crippen LogP contribution in [0.1, 0.15) is 86.0 Å². The second-order valence-electron chi connectivity index (χ2n) is 11.4. The van der Waals surface area contributed by atoms with Crippen molar-refractivity contribution in [2.75, 3.05) is 13.2 Å². The molecule has 30 heavy (non-hydrogen) atoms. The van der Waals surface area contributed by atoms with Crippen LogP contribution in [-0.2, 0) is 23.9 Å². The van der Waals surface area contributed by atoms with Gasteiger partial charge < -0.3 is 9.47 Å². The van der Waals surface area contributed by atoms with Gasteiger partial charge in [-0.25, -0.2) is 0 Å². The van der Waals surface area contributed by atoms with Gasteiger partial charge >= 0.3 is 11.9 Å². The summed E-state index contributed by atoms with van der Waals surface area (Å²) in [5, 5.41) is 0. The molecule has 1 spiro atoms. The van der Waals surface area contributed by atoms with Crippen LogP contribution in [0.15, 0.2) is 0 Å². The normalized spacial score (nSPS) is 47.2. The predicted molar refractivity (Wildman–Crippen MR) is 112 cm³/mol. The van der Waals surface area contributed by atoms with E-state index in [0.29, 0.717) is 18.3 Å². The minimum atomic E-state index is -0.445. The summed E-state index contributed by atoms with van der Waals surface area (Å²) in [4.78, 5) is 38.1. The molecule has 0 N–H and O–H groups in total. The zero-order valence-electron chi connectivity index (χ0n) is 19.3. The third kappa shape index (κ3) is 2.82. The van der Waals surface area contributed by atoms with Crippen LogP contribution in [0.5, 0.6) is 0 Å². The molecule has 4 aliphatic carbocycles. The molecular weight excluding hydrogens is 380 g/mol. The maximum atomic E-state index is 13.5. The Hall–Kier alpha value is -1.39. The van der Waals surface area contributed by atoms with Crippen LogP contribution in [0, 0.1) is 39.4 Å². The molecule has 0 amide bonds. The smallest absolute Gasteiger partial charge is 0.312 e. The maximum Gasteiger partial charge on any atom is 0.312 e. The topological polar surface area (TPSA) is 69.7 Å². The molecule has 0 saturated heterocycles. The van der Waals surface area contributed by atoms with Crippen LogP contribution in [0.2, 0.25) is 0 Å². The molecule has 0 unspecified atom stereocenters. The second kappa shape index (κ2) is 7.06. The predicted octanol–water partition coefficient (Wildman–Crippen LogP) is 4.71. The fourth-order valence-corrected chi connectivity index (χ4v) is 8.74. The summed E-state index contributed by atoms with van der Waals surface area (Å²) < 4.78 is 11.0. The van der Waals surface area contributed by atoms with E-state index in [1.54, 1.807) is 0 Å². The lowest BCUT2D eigenvalue weighted by Crippen LogP contribution is -2.60. The monoisotopic (exact) mass is 418 g/mol. The quantitative estimate of drug-likeness (QED) is 0.618. The lowest BCUT2D eigenvalue weighted by atomic mass is 9.39. The van der Waals surface area contributed by atoms with E-state index in [0.717, 1.165) is 51.4 Å². The largest absolute Gasteiger partial charge is 0.466 e. The summed E-state index contributed by atoms with van der Waals surface area (Å²) in [6, 6.07) is 0. The summed E-state index contributed by atoms with van der Waals surface area (Å²) in [6.07, 6.45) is 7.76. The minimum Gasteiger partial charge on any atom is -0.466 e. The fourth-order valence-electron chi connectivity index (χ4n) is 8.74. The van der Waals surface area contributed by atoms with Gasteiger partial charge in [0, 0.05) is 12.3 Å². The molecule has 4 saturated carbocycles.